The summed E-state index contributed by atoms with van der Waals surface area (Å²) in [7, 11) is 3.40. The lowest BCUT2D eigenvalue weighted by Crippen LogP contribution is -2.09. The first kappa shape index (κ1) is 18.7. The molecule has 1 heterocycles. The highest BCUT2D eigenvalue weighted by Gasteiger charge is 2.19. The largest absolute Gasteiger partial charge is 0.496 e. The van der Waals surface area contributed by atoms with Crippen LogP contribution in [0.15, 0.2) is 36.7 Å². The number of nitrogens with one attached hydrogen (secondary N) is 1. The standard InChI is InChI=1S/C17H16ClFN3O3P/c1-23-15-8-14-11(7-16(15)26(24-2)25-3)17(21-9-20-14)22-10-4-5-13(19)12(18)6-10/h4-9H,1-3H3,(H,20,21,22). The van der Waals surface area contributed by atoms with Gasteiger partial charge in [0.15, 0.2) is 0 Å². The van der Waals surface area contributed by atoms with Crippen LogP contribution in [0.5, 0.6) is 5.75 Å². The van der Waals surface area contributed by atoms with Crippen molar-refractivity contribution in [2.45, 2.75) is 0 Å². The molecule has 3 aromatic rings. The smallest absolute Gasteiger partial charge is 0.208 e. The summed E-state index contributed by atoms with van der Waals surface area (Å²) in [5, 5.41) is 4.66. The van der Waals surface area contributed by atoms with Gasteiger partial charge in [0.25, 0.3) is 0 Å². The number of anilines is 2. The highest BCUT2D eigenvalue weighted by Crippen LogP contribution is 2.40. The fourth-order valence-electron chi connectivity index (χ4n) is 2.46. The first-order valence-electron chi connectivity index (χ1n) is 7.50. The van der Waals surface area contributed by atoms with E-state index in [0.717, 1.165) is 10.7 Å². The predicted molar refractivity (Wildman–Crippen MR) is 101 cm³/mol. The molecule has 26 heavy (non-hydrogen) atoms. The topological polar surface area (TPSA) is 65.5 Å². The fourth-order valence-corrected chi connectivity index (χ4v) is 3.75. The molecule has 0 saturated heterocycles. The number of hydrogen-bond acceptors (Lipinski definition) is 6. The van der Waals surface area contributed by atoms with Gasteiger partial charge in [-0.3, -0.25) is 0 Å². The van der Waals surface area contributed by atoms with E-state index in [0.29, 0.717) is 22.8 Å². The number of methoxy groups -OCH3 is 1. The highest BCUT2D eigenvalue weighted by atomic mass is 35.5. The molecule has 1 N–H and O–H groups in total. The minimum Gasteiger partial charge on any atom is -0.496 e. The summed E-state index contributed by atoms with van der Waals surface area (Å²) in [5.41, 5.74) is 1.29. The van der Waals surface area contributed by atoms with Crippen molar-refractivity contribution in [3.8, 4) is 5.75 Å². The van der Waals surface area contributed by atoms with Gasteiger partial charge >= 0.3 is 0 Å². The van der Waals surface area contributed by atoms with E-state index in [1.54, 1.807) is 33.5 Å². The number of halogens is 2. The summed E-state index contributed by atoms with van der Waals surface area (Å²) in [6.07, 6.45) is 1.43. The van der Waals surface area contributed by atoms with Crippen molar-refractivity contribution in [1.82, 2.24) is 9.97 Å². The van der Waals surface area contributed by atoms with Gasteiger partial charge in [-0.1, -0.05) is 11.6 Å². The Labute approximate surface area is 156 Å². The monoisotopic (exact) mass is 395 g/mol. The molecule has 9 heteroatoms. The SMILES string of the molecule is COc1cc2ncnc(Nc3ccc(F)c(Cl)c3)c2cc1P(OC)OC. The summed E-state index contributed by atoms with van der Waals surface area (Å²) in [6.45, 7) is 0. The Hall–Kier alpha value is -2.05. The first-order chi connectivity index (χ1) is 12.6. The molecule has 0 bridgehead atoms. The molecule has 2 aromatic carbocycles. The predicted octanol–water partition coefficient (Wildman–Crippen LogP) is 4.40. The average Bonchev–Trinajstić information content (AvgIpc) is 2.65. The van der Waals surface area contributed by atoms with Gasteiger partial charge in [-0.15, -0.1) is 0 Å². The molecule has 0 radical (unpaired) electrons. The molecule has 136 valence electrons. The van der Waals surface area contributed by atoms with Crippen LogP contribution in [0.2, 0.25) is 5.02 Å². The molecule has 0 fully saturated rings. The van der Waals surface area contributed by atoms with Gasteiger partial charge in [0.2, 0.25) is 8.38 Å². The number of hydrogen-bond donors (Lipinski definition) is 1. The Bertz CT molecular complexity index is 941. The van der Waals surface area contributed by atoms with Crippen LogP contribution in [0.4, 0.5) is 15.9 Å². The Kier molecular flexibility index (Phi) is 5.84. The molecule has 0 unspecified atom stereocenters. The quantitative estimate of drug-likeness (QED) is 0.624. The van der Waals surface area contributed by atoms with E-state index in [2.05, 4.69) is 15.3 Å². The molecule has 0 amide bonds. The minimum absolute atomic E-state index is 0.0259. The van der Waals surface area contributed by atoms with E-state index in [1.807, 2.05) is 6.07 Å². The van der Waals surface area contributed by atoms with Gasteiger partial charge in [0.05, 0.1) is 23.0 Å². The highest BCUT2D eigenvalue weighted by molar-refractivity contribution is 7.56. The lowest BCUT2D eigenvalue weighted by atomic mass is 10.2. The number of benzene rings is 2. The van der Waals surface area contributed by atoms with Gasteiger partial charge in [0, 0.05) is 31.4 Å². The second-order valence-electron chi connectivity index (χ2n) is 5.14. The zero-order valence-electron chi connectivity index (χ0n) is 14.3. The second-order valence-corrected chi connectivity index (χ2v) is 7.27. The molecule has 0 saturated carbocycles. The van der Waals surface area contributed by atoms with Crippen LogP contribution in [-0.4, -0.2) is 31.3 Å². The van der Waals surface area contributed by atoms with Crippen molar-refractivity contribution in [3.63, 3.8) is 0 Å². The number of fused-ring (bicyclic) bond motifs is 1. The van der Waals surface area contributed by atoms with Crippen LogP contribution in [0, 0.1) is 5.82 Å². The number of nitrogens with zero attached hydrogens (tertiary/aromatic N) is 2. The third-order valence-corrected chi connectivity index (χ3v) is 5.34. The third-order valence-electron chi connectivity index (χ3n) is 3.65. The van der Waals surface area contributed by atoms with Crippen molar-refractivity contribution >= 4 is 47.7 Å². The van der Waals surface area contributed by atoms with E-state index >= 15 is 0 Å². The van der Waals surface area contributed by atoms with Gasteiger partial charge in [-0.25, -0.2) is 14.4 Å². The molecule has 0 aliphatic carbocycles. The Morgan fingerprint density at radius 2 is 1.85 bits per heavy atom. The van der Waals surface area contributed by atoms with Crippen LogP contribution >= 0.6 is 20.0 Å². The van der Waals surface area contributed by atoms with E-state index in [-0.39, 0.29) is 5.02 Å². The maximum Gasteiger partial charge on any atom is 0.208 e. The second kappa shape index (κ2) is 8.10. The van der Waals surface area contributed by atoms with Crippen molar-refractivity contribution in [2.75, 3.05) is 26.6 Å². The maximum atomic E-state index is 13.4. The van der Waals surface area contributed by atoms with Crippen molar-refractivity contribution in [2.24, 2.45) is 0 Å². The summed E-state index contributed by atoms with van der Waals surface area (Å²) < 4.78 is 29.6. The first-order valence-corrected chi connectivity index (χ1v) is 9.06. The Morgan fingerprint density at radius 3 is 2.50 bits per heavy atom. The molecule has 0 atom stereocenters. The normalized spacial score (nSPS) is 11.2. The van der Waals surface area contributed by atoms with Crippen molar-refractivity contribution < 1.29 is 18.2 Å². The molecule has 0 aliphatic heterocycles. The Morgan fingerprint density at radius 1 is 1.08 bits per heavy atom. The van der Waals surface area contributed by atoms with Gasteiger partial charge in [-0.2, -0.15) is 0 Å². The molecular weight excluding hydrogens is 380 g/mol. The van der Waals surface area contributed by atoms with E-state index in [4.69, 9.17) is 25.4 Å². The zero-order valence-corrected chi connectivity index (χ0v) is 15.9. The summed E-state index contributed by atoms with van der Waals surface area (Å²) >= 11 is 5.85. The van der Waals surface area contributed by atoms with Crippen LogP contribution in [0.25, 0.3) is 10.9 Å². The van der Waals surface area contributed by atoms with Crippen LogP contribution in [-0.2, 0) is 9.05 Å². The average molecular weight is 396 g/mol. The fraction of sp³-hybridized carbons (Fsp3) is 0.176. The van der Waals surface area contributed by atoms with Gasteiger partial charge in [0.1, 0.15) is 23.7 Å². The van der Waals surface area contributed by atoms with E-state index in [1.165, 1.54) is 18.5 Å². The van der Waals surface area contributed by atoms with Gasteiger partial charge in [-0.05, 0) is 24.3 Å². The Balaban J connectivity index is 2.10. The van der Waals surface area contributed by atoms with Crippen molar-refractivity contribution in [1.29, 1.82) is 0 Å². The van der Waals surface area contributed by atoms with Crippen LogP contribution in [0.1, 0.15) is 0 Å². The van der Waals surface area contributed by atoms with Gasteiger partial charge < -0.3 is 19.1 Å². The van der Waals surface area contributed by atoms with E-state index < -0.39 is 14.2 Å². The lowest BCUT2D eigenvalue weighted by Gasteiger charge is -2.17. The lowest BCUT2D eigenvalue weighted by molar-refractivity contribution is 0.348. The minimum atomic E-state index is -1.31. The zero-order chi connectivity index (χ0) is 18.7. The van der Waals surface area contributed by atoms with E-state index in [9.17, 15) is 4.39 Å². The molecule has 0 spiro atoms. The summed E-state index contributed by atoms with van der Waals surface area (Å²) in [4.78, 5) is 8.57. The molecular formula is C17H16ClFN3O3P. The van der Waals surface area contributed by atoms with Crippen LogP contribution < -0.4 is 15.4 Å². The molecule has 0 aliphatic rings. The number of aromatic nitrogens is 2. The number of ether oxygens (including phenoxy) is 1. The molecule has 3 rings (SSSR count). The van der Waals surface area contributed by atoms with Crippen molar-refractivity contribution in [3.05, 3.63) is 47.5 Å². The molecule has 6 nitrogen and oxygen atoms in total. The maximum absolute atomic E-state index is 13.4. The summed E-state index contributed by atoms with van der Waals surface area (Å²) in [6, 6.07) is 8.02. The van der Waals surface area contributed by atoms with Crippen LogP contribution in [0.3, 0.4) is 0 Å². The molecule has 1 aromatic heterocycles. The number of rotatable bonds is 6. The summed E-state index contributed by atoms with van der Waals surface area (Å²) in [5.74, 6) is 0.674. The third kappa shape index (κ3) is 3.71.